The number of nitrogens with zero attached hydrogens (tertiary/aromatic N) is 3. The van der Waals surface area contributed by atoms with E-state index in [9.17, 15) is 4.79 Å². The molecule has 0 bridgehead atoms. The molecule has 6 heteroatoms. The van der Waals surface area contributed by atoms with Gasteiger partial charge in [-0.3, -0.25) is 9.88 Å². The van der Waals surface area contributed by atoms with E-state index in [2.05, 4.69) is 10.1 Å². The van der Waals surface area contributed by atoms with Crippen molar-refractivity contribution in [3.8, 4) is 0 Å². The van der Waals surface area contributed by atoms with Crippen LogP contribution in [-0.4, -0.2) is 34.7 Å². The summed E-state index contributed by atoms with van der Waals surface area (Å²) in [5.41, 5.74) is 3.88. The van der Waals surface area contributed by atoms with E-state index in [0.717, 1.165) is 27.9 Å². The zero-order valence-corrected chi connectivity index (χ0v) is 15.6. The van der Waals surface area contributed by atoms with Crippen LogP contribution in [-0.2, 0) is 17.8 Å². The normalized spacial score (nSPS) is 11.3. The van der Waals surface area contributed by atoms with Gasteiger partial charge in [0.2, 0.25) is 0 Å². The Labute approximate surface area is 152 Å². The maximum absolute atomic E-state index is 12.6. The van der Waals surface area contributed by atoms with Gasteiger partial charge in [-0.15, -0.1) is 0 Å². The van der Waals surface area contributed by atoms with E-state index in [1.54, 1.807) is 6.92 Å². The summed E-state index contributed by atoms with van der Waals surface area (Å²) in [7, 11) is 1.96. The number of pyridine rings is 1. The Morgan fingerprint density at radius 2 is 2.00 bits per heavy atom. The van der Waals surface area contributed by atoms with Crippen LogP contribution in [0, 0.1) is 13.8 Å². The lowest BCUT2D eigenvalue weighted by molar-refractivity contribution is 0.0522. The molecule has 2 heterocycles. The van der Waals surface area contributed by atoms with E-state index < -0.39 is 0 Å². The molecular weight excluding hydrogens is 330 g/mol. The van der Waals surface area contributed by atoms with Gasteiger partial charge in [0.15, 0.2) is 0 Å². The SMILES string of the molecule is CCOC(=O)c1c(CN(C)Cc2cc(C)on2)nc2ccccc2c1C. The van der Waals surface area contributed by atoms with Gasteiger partial charge in [0.25, 0.3) is 0 Å². The fourth-order valence-corrected chi connectivity index (χ4v) is 3.11. The average Bonchev–Trinajstić information content (AvgIpc) is 3.00. The van der Waals surface area contributed by atoms with Crippen molar-refractivity contribution < 1.29 is 14.1 Å². The molecule has 0 amide bonds. The molecule has 6 nitrogen and oxygen atoms in total. The summed E-state index contributed by atoms with van der Waals surface area (Å²) in [5, 5.41) is 4.99. The van der Waals surface area contributed by atoms with Gasteiger partial charge in [0, 0.05) is 24.5 Å². The molecule has 26 heavy (non-hydrogen) atoms. The monoisotopic (exact) mass is 353 g/mol. The molecule has 2 aromatic heterocycles. The van der Waals surface area contributed by atoms with E-state index in [1.165, 1.54) is 0 Å². The maximum Gasteiger partial charge on any atom is 0.340 e. The molecule has 0 radical (unpaired) electrons. The van der Waals surface area contributed by atoms with E-state index in [4.69, 9.17) is 14.2 Å². The first-order chi connectivity index (χ1) is 12.5. The third kappa shape index (κ3) is 3.75. The third-order valence-electron chi connectivity index (χ3n) is 4.23. The lowest BCUT2D eigenvalue weighted by Crippen LogP contribution is -2.22. The second-order valence-electron chi connectivity index (χ2n) is 6.40. The van der Waals surface area contributed by atoms with Crippen molar-refractivity contribution in [3.05, 3.63) is 58.6 Å². The van der Waals surface area contributed by atoms with Crippen molar-refractivity contribution in [1.29, 1.82) is 0 Å². The van der Waals surface area contributed by atoms with Crippen LogP contribution < -0.4 is 0 Å². The predicted molar refractivity (Wildman–Crippen MR) is 98.8 cm³/mol. The number of rotatable bonds is 6. The molecule has 0 spiro atoms. The van der Waals surface area contributed by atoms with Crippen LogP contribution in [0.5, 0.6) is 0 Å². The Kier molecular flexibility index (Phi) is 5.32. The van der Waals surface area contributed by atoms with Crippen LogP contribution in [0.15, 0.2) is 34.9 Å². The van der Waals surface area contributed by atoms with Gasteiger partial charge in [0.05, 0.1) is 29.1 Å². The van der Waals surface area contributed by atoms with Crippen LogP contribution in [0.1, 0.15) is 40.0 Å². The smallest absolute Gasteiger partial charge is 0.340 e. The fourth-order valence-electron chi connectivity index (χ4n) is 3.11. The lowest BCUT2D eigenvalue weighted by atomic mass is 10.0. The van der Waals surface area contributed by atoms with Crippen LogP contribution in [0.25, 0.3) is 10.9 Å². The maximum atomic E-state index is 12.6. The summed E-state index contributed by atoms with van der Waals surface area (Å²) in [6.45, 7) is 7.06. The number of ether oxygens (including phenoxy) is 1. The Bertz CT molecular complexity index is 933. The number of hydrogen-bond acceptors (Lipinski definition) is 6. The summed E-state index contributed by atoms with van der Waals surface area (Å²) in [6.07, 6.45) is 0. The van der Waals surface area contributed by atoms with Crippen LogP contribution >= 0.6 is 0 Å². The molecule has 0 aliphatic carbocycles. The van der Waals surface area contributed by atoms with Gasteiger partial charge >= 0.3 is 5.97 Å². The Morgan fingerprint density at radius 1 is 1.23 bits per heavy atom. The fraction of sp³-hybridized carbons (Fsp3) is 0.350. The van der Waals surface area contributed by atoms with Crippen molar-refractivity contribution in [2.75, 3.05) is 13.7 Å². The number of esters is 1. The van der Waals surface area contributed by atoms with E-state index in [-0.39, 0.29) is 5.97 Å². The number of fused-ring (bicyclic) bond motifs is 1. The quantitative estimate of drug-likeness (QED) is 0.630. The van der Waals surface area contributed by atoms with Gasteiger partial charge < -0.3 is 9.26 Å². The molecule has 0 N–H and O–H groups in total. The highest BCUT2D eigenvalue weighted by molar-refractivity contribution is 5.98. The van der Waals surface area contributed by atoms with Crippen molar-refractivity contribution >= 4 is 16.9 Å². The van der Waals surface area contributed by atoms with E-state index in [1.807, 2.05) is 51.2 Å². The zero-order chi connectivity index (χ0) is 18.7. The second-order valence-corrected chi connectivity index (χ2v) is 6.40. The van der Waals surface area contributed by atoms with E-state index in [0.29, 0.717) is 31.0 Å². The minimum Gasteiger partial charge on any atom is -0.462 e. The first-order valence-corrected chi connectivity index (χ1v) is 8.65. The number of benzene rings is 1. The summed E-state index contributed by atoms with van der Waals surface area (Å²) in [5.74, 6) is 0.448. The van der Waals surface area contributed by atoms with Crippen molar-refractivity contribution in [3.63, 3.8) is 0 Å². The van der Waals surface area contributed by atoms with E-state index >= 15 is 0 Å². The number of para-hydroxylation sites is 1. The third-order valence-corrected chi connectivity index (χ3v) is 4.23. The zero-order valence-electron chi connectivity index (χ0n) is 15.6. The molecule has 0 unspecified atom stereocenters. The predicted octanol–water partition coefficient (Wildman–Crippen LogP) is 3.65. The van der Waals surface area contributed by atoms with Crippen molar-refractivity contribution in [2.45, 2.75) is 33.9 Å². The Morgan fingerprint density at radius 3 is 2.69 bits per heavy atom. The minimum absolute atomic E-state index is 0.330. The summed E-state index contributed by atoms with van der Waals surface area (Å²) < 4.78 is 10.4. The van der Waals surface area contributed by atoms with Gasteiger partial charge in [-0.25, -0.2) is 4.79 Å². The highest BCUT2D eigenvalue weighted by Crippen LogP contribution is 2.24. The molecule has 136 valence electrons. The molecule has 0 atom stereocenters. The number of carbonyl (C=O) groups is 1. The van der Waals surface area contributed by atoms with Gasteiger partial charge in [0.1, 0.15) is 5.76 Å². The topological polar surface area (TPSA) is 68.5 Å². The molecule has 3 rings (SSSR count). The Hall–Kier alpha value is -2.73. The van der Waals surface area contributed by atoms with Crippen molar-refractivity contribution in [1.82, 2.24) is 15.0 Å². The van der Waals surface area contributed by atoms with Crippen molar-refractivity contribution in [2.24, 2.45) is 0 Å². The number of hydrogen-bond donors (Lipinski definition) is 0. The van der Waals surface area contributed by atoms with Gasteiger partial charge in [-0.05, 0) is 39.4 Å². The molecule has 0 saturated carbocycles. The minimum atomic E-state index is -0.330. The second kappa shape index (κ2) is 7.66. The van der Waals surface area contributed by atoms with Crippen LogP contribution in [0.3, 0.4) is 0 Å². The van der Waals surface area contributed by atoms with Gasteiger partial charge in [-0.1, -0.05) is 23.4 Å². The number of aromatic nitrogens is 2. The first kappa shape index (κ1) is 18.1. The van der Waals surface area contributed by atoms with Crippen LogP contribution in [0.2, 0.25) is 0 Å². The number of carbonyl (C=O) groups excluding carboxylic acids is 1. The number of aryl methyl sites for hydroxylation is 2. The molecule has 0 fully saturated rings. The molecule has 3 aromatic rings. The molecule has 1 aromatic carbocycles. The Balaban J connectivity index is 1.96. The van der Waals surface area contributed by atoms with Crippen LogP contribution in [0.4, 0.5) is 0 Å². The van der Waals surface area contributed by atoms with Gasteiger partial charge in [-0.2, -0.15) is 0 Å². The highest BCUT2D eigenvalue weighted by atomic mass is 16.5. The molecule has 0 aliphatic heterocycles. The molecule has 0 aliphatic rings. The largest absolute Gasteiger partial charge is 0.462 e. The molecule has 0 saturated heterocycles. The summed E-state index contributed by atoms with van der Waals surface area (Å²) in [6, 6.07) is 9.74. The standard InChI is InChI=1S/C20H23N3O3/c1-5-25-20(24)19-14(3)16-8-6-7-9-17(16)21-18(19)12-23(4)11-15-10-13(2)26-22-15/h6-10H,5,11-12H2,1-4H3. The average molecular weight is 353 g/mol. The summed E-state index contributed by atoms with van der Waals surface area (Å²) >= 11 is 0. The summed E-state index contributed by atoms with van der Waals surface area (Å²) in [4.78, 5) is 19.4. The molecular formula is C20H23N3O3. The first-order valence-electron chi connectivity index (χ1n) is 8.65. The lowest BCUT2D eigenvalue weighted by Gasteiger charge is -2.19. The highest BCUT2D eigenvalue weighted by Gasteiger charge is 2.21.